The van der Waals surface area contributed by atoms with Crippen LogP contribution in [0, 0.1) is 0 Å². The monoisotopic (exact) mass is 305 g/mol. The smallest absolute Gasteiger partial charge is 0.124 e. The molecular formula is C17H23NO2S. The number of methoxy groups -OCH3 is 2. The second-order valence-corrected chi connectivity index (χ2v) is 5.84. The molecule has 0 bridgehead atoms. The van der Waals surface area contributed by atoms with Crippen molar-refractivity contribution in [3.8, 4) is 5.75 Å². The lowest BCUT2D eigenvalue weighted by molar-refractivity contribution is 0.181. The van der Waals surface area contributed by atoms with Crippen molar-refractivity contribution < 1.29 is 9.47 Å². The molecule has 1 unspecified atom stereocenters. The molecule has 1 aromatic heterocycles. The van der Waals surface area contributed by atoms with Gasteiger partial charge in [0.1, 0.15) is 5.75 Å². The Bertz CT molecular complexity index is 540. The van der Waals surface area contributed by atoms with E-state index in [1.807, 2.05) is 6.07 Å². The average molecular weight is 305 g/mol. The summed E-state index contributed by atoms with van der Waals surface area (Å²) in [5.41, 5.74) is 3.74. The van der Waals surface area contributed by atoms with Crippen LogP contribution in [-0.4, -0.2) is 20.8 Å². The molecule has 114 valence electrons. The summed E-state index contributed by atoms with van der Waals surface area (Å²) in [7, 11) is 3.39. The number of benzene rings is 1. The number of hydrogen-bond donors (Lipinski definition) is 1. The lowest BCUT2D eigenvalue weighted by Gasteiger charge is -2.16. The van der Waals surface area contributed by atoms with Gasteiger partial charge in [-0.1, -0.05) is 6.07 Å². The summed E-state index contributed by atoms with van der Waals surface area (Å²) >= 11 is 1.75. The quantitative estimate of drug-likeness (QED) is 0.805. The molecule has 0 aliphatic carbocycles. The zero-order chi connectivity index (χ0) is 15.1. The van der Waals surface area contributed by atoms with Gasteiger partial charge in [-0.3, -0.25) is 0 Å². The molecule has 0 saturated carbocycles. The Morgan fingerprint density at radius 3 is 2.76 bits per heavy atom. The van der Waals surface area contributed by atoms with E-state index in [1.165, 1.54) is 11.1 Å². The van der Waals surface area contributed by atoms with Crippen molar-refractivity contribution >= 4 is 11.3 Å². The van der Waals surface area contributed by atoms with E-state index in [9.17, 15) is 0 Å². The van der Waals surface area contributed by atoms with Crippen LogP contribution in [0.3, 0.4) is 0 Å². The molecule has 0 saturated heterocycles. The molecule has 3 nitrogen and oxygen atoms in total. The summed E-state index contributed by atoms with van der Waals surface area (Å²) in [6.07, 6.45) is 1.06. The molecule has 2 aromatic rings. The van der Waals surface area contributed by atoms with E-state index in [2.05, 4.69) is 41.2 Å². The Morgan fingerprint density at radius 2 is 2.10 bits per heavy atom. The van der Waals surface area contributed by atoms with Gasteiger partial charge in [-0.05, 0) is 60.0 Å². The Morgan fingerprint density at radius 1 is 1.24 bits per heavy atom. The molecule has 21 heavy (non-hydrogen) atoms. The standard InChI is InChI=1S/C17H23NO2S/c1-13(18-8-6-14-7-9-21-12-14)15-4-5-17(20-3)16(10-15)11-19-2/h4-5,7,9-10,12-13,18H,6,8,11H2,1-3H3. The number of nitrogens with one attached hydrogen (secondary N) is 1. The van der Waals surface area contributed by atoms with Crippen LogP contribution in [0.1, 0.15) is 29.7 Å². The van der Waals surface area contributed by atoms with Gasteiger partial charge in [0.15, 0.2) is 0 Å². The van der Waals surface area contributed by atoms with Gasteiger partial charge in [0.2, 0.25) is 0 Å². The van der Waals surface area contributed by atoms with Crippen LogP contribution < -0.4 is 10.1 Å². The first kappa shape index (κ1) is 16.0. The molecule has 1 atom stereocenters. The van der Waals surface area contributed by atoms with Crippen molar-refractivity contribution in [1.29, 1.82) is 0 Å². The highest BCUT2D eigenvalue weighted by Crippen LogP contribution is 2.24. The molecular weight excluding hydrogens is 282 g/mol. The lowest BCUT2D eigenvalue weighted by Crippen LogP contribution is -2.21. The van der Waals surface area contributed by atoms with Gasteiger partial charge in [-0.2, -0.15) is 11.3 Å². The molecule has 1 aromatic carbocycles. The number of ether oxygens (including phenoxy) is 2. The summed E-state index contributed by atoms with van der Waals surface area (Å²) in [5.74, 6) is 0.881. The van der Waals surface area contributed by atoms with Gasteiger partial charge in [-0.25, -0.2) is 0 Å². The maximum atomic E-state index is 5.36. The molecule has 4 heteroatoms. The zero-order valence-electron chi connectivity index (χ0n) is 12.9. The minimum Gasteiger partial charge on any atom is -0.496 e. The van der Waals surface area contributed by atoms with Gasteiger partial charge in [0.05, 0.1) is 13.7 Å². The Labute approximate surface area is 130 Å². The van der Waals surface area contributed by atoms with E-state index in [1.54, 1.807) is 25.6 Å². The van der Waals surface area contributed by atoms with E-state index < -0.39 is 0 Å². The number of rotatable bonds is 8. The number of thiophene rings is 1. The summed E-state index contributed by atoms with van der Waals surface area (Å²) < 4.78 is 10.6. The van der Waals surface area contributed by atoms with Crippen LogP contribution in [0.2, 0.25) is 0 Å². The molecule has 0 fully saturated rings. The molecule has 0 aliphatic heterocycles. The Hall–Kier alpha value is -1.36. The first-order valence-electron chi connectivity index (χ1n) is 7.14. The zero-order valence-corrected chi connectivity index (χ0v) is 13.7. The van der Waals surface area contributed by atoms with E-state index >= 15 is 0 Å². The van der Waals surface area contributed by atoms with E-state index in [0.717, 1.165) is 24.3 Å². The summed E-state index contributed by atoms with van der Waals surface area (Å²) in [6, 6.07) is 8.78. The highest BCUT2D eigenvalue weighted by molar-refractivity contribution is 7.07. The predicted octanol–water partition coefficient (Wildman–Crippen LogP) is 3.80. The minimum absolute atomic E-state index is 0.310. The summed E-state index contributed by atoms with van der Waals surface area (Å²) in [4.78, 5) is 0. The number of hydrogen-bond acceptors (Lipinski definition) is 4. The van der Waals surface area contributed by atoms with Gasteiger partial charge in [0.25, 0.3) is 0 Å². The molecule has 0 spiro atoms. The van der Waals surface area contributed by atoms with Crippen molar-refractivity contribution in [2.75, 3.05) is 20.8 Å². The summed E-state index contributed by atoms with van der Waals surface area (Å²) in [6.45, 7) is 3.73. The predicted molar refractivity (Wildman–Crippen MR) is 88.1 cm³/mol. The lowest BCUT2D eigenvalue weighted by atomic mass is 10.0. The molecule has 0 amide bonds. The molecule has 1 heterocycles. The fraction of sp³-hybridized carbons (Fsp3) is 0.412. The van der Waals surface area contributed by atoms with Crippen molar-refractivity contribution in [3.05, 3.63) is 51.7 Å². The average Bonchev–Trinajstić information content (AvgIpc) is 3.00. The van der Waals surface area contributed by atoms with Crippen LogP contribution in [0.4, 0.5) is 0 Å². The molecule has 2 rings (SSSR count). The largest absolute Gasteiger partial charge is 0.496 e. The summed E-state index contributed by atoms with van der Waals surface area (Å²) in [5, 5.41) is 7.90. The van der Waals surface area contributed by atoms with E-state index in [-0.39, 0.29) is 0 Å². The van der Waals surface area contributed by atoms with Gasteiger partial charge < -0.3 is 14.8 Å². The maximum Gasteiger partial charge on any atom is 0.124 e. The fourth-order valence-corrected chi connectivity index (χ4v) is 3.03. The van der Waals surface area contributed by atoms with Gasteiger partial charge in [0, 0.05) is 18.7 Å². The Kier molecular flexibility index (Phi) is 6.23. The van der Waals surface area contributed by atoms with Gasteiger partial charge >= 0.3 is 0 Å². The van der Waals surface area contributed by atoms with Crippen LogP contribution in [0.5, 0.6) is 5.75 Å². The van der Waals surface area contributed by atoms with Crippen molar-refractivity contribution in [3.63, 3.8) is 0 Å². The fourth-order valence-electron chi connectivity index (χ4n) is 2.32. The molecule has 0 radical (unpaired) electrons. The second kappa shape index (κ2) is 8.17. The van der Waals surface area contributed by atoms with Gasteiger partial charge in [-0.15, -0.1) is 0 Å². The first-order valence-corrected chi connectivity index (χ1v) is 8.09. The van der Waals surface area contributed by atoms with Crippen LogP contribution in [0.15, 0.2) is 35.0 Å². The first-order chi connectivity index (χ1) is 10.2. The molecule has 1 N–H and O–H groups in total. The highest BCUT2D eigenvalue weighted by Gasteiger charge is 2.09. The van der Waals surface area contributed by atoms with E-state index in [0.29, 0.717) is 12.6 Å². The highest BCUT2D eigenvalue weighted by atomic mass is 32.1. The minimum atomic E-state index is 0.310. The second-order valence-electron chi connectivity index (χ2n) is 5.06. The normalized spacial score (nSPS) is 12.3. The van der Waals surface area contributed by atoms with Crippen molar-refractivity contribution in [2.24, 2.45) is 0 Å². The van der Waals surface area contributed by atoms with Crippen molar-refractivity contribution in [2.45, 2.75) is 26.0 Å². The van der Waals surface area contributed by atoms with Crippen molar-refractivity contribution in [1.82, 2.24) is 5.32 Å². The van der Waals surface area contributed by atoms with Crippen LogP contribution >= 0.6 is 11.3 Å². The third-order valence-electron chi connectivity index (χ3n) is 3.55. The van der Waals surface area contributed by atoms with E-state index in [4.69, 9.17) is 9.47 Å². The third-order valence-corrected chi connectivity index (χ3v) is 4.28. The Balaban J connectivity index is 1.94. The van der Waals surface area contributed by atoms with Crippen LogP contribution in [-0.2, 0) is 17.8 Å². The van der Waals surface area contributed by atoms with Crippen LogP contribution in [0.25, 0.3) is 0 Å². The third kappa shape index (κ3) is 4.56. The SMILES string of the molecule is COCc1cc(C(C)NCCc2ccsc2)ccc1OC. The maximum absolute atomic E-state index is 5.36. The topological polar surface area (TPSA) is 30.5 Å². The molecule has 0 aliphatic rings.